The van der Waals surface area contributed by atoms with E-state index in [2.05, 4.69) is 40.6 Å². The van der Waals surface area contributed by atoms with E-state index in [4.69, 9.17) is 69.6 Å². The first-order valence-corrected chi connectivity index (χ1v) is 8.57. The summed E-state index contributed by atoms with van der Waals surface area (Å²) in [5, 5.41) is 0. The van der Waals surface area contributed by atoms with Crippen LogP contribution in [0.4, 0.5) is 0 Å². The fourth-order valence-corrected chi connectivity index (χ4v) is 1.84. The number of hydrogen-bond donors (Lipinski definition) is 1. The maximum atomic E-state index is 11.0. The van der Waals surface area contributed by atoms with Gasteiger partial charge < -0.3 is 4.90 Å². The van der Waals surface area contributed by atoms with Crippen molar-refractivity contribution in [1.29, 1.82) is 0 Å². The molecule has 11 heteroatoms. The van der Waals surface area contributed by atoms with Crippen LogP contribution < -0.4 is 5.69 Å². The molecule has 0 bridgehead atoms. The minimum Gasteiger partial charge on any atom is -0.304 e. The fourth-order valence-electron chi connectivity index (χ4n) is 1.32. The van der Waals surface area contributed by atoms with Gasteiger partial charge in [-0.05, 0) is 19.6 Å². The molecule has 0 saturated heterocycles. The molecule has 22 heavy (non-hydrogen) atoms. The Morgan fingerprint density at radius 2 is 1.36 bits per heavy atom. The Kier molecular flexibility index (Phi) is 9.95. The molecule has 1 N–H and O–H groups in total. The number of halogens is 6. The molecule has 0 saturated carbocycles. The number of rotatable bonds is 3. The van der Waals surface area contributed by atoms with Crippen molar-refractivity contribution in [2.75, 3.05) is 19.6 Å². The van der Waals surface area contributed by atoms with Crippen LogP contribution in [0.2, 0.25) is 0 Å². The molecule has 0 unspecified atom stereocenters. The Morgan fingerprint density at radius 1 is 0.909 bits per heavy atom. The highest BCUT2D eigenvalue weighted by Gasteiger charge is 2.32. The number of hydrogen-bond acceptors (Lipinski definition) is 4. The van der Waals surface area contributed by atoms with Crippen LogP contribution in [-0.2, 0) is 7.59 Å². The topological polar surface area (TPSA) is 61.9 Å². The number of nitrogens with zero attached hydrogens (tertiary/aromatic N) is 3. The lowest BCUT2D eigenvalue weighted by Crippen LogP contribution is -2.25. The molecule has 128 valence electrons. The summed E-state index contributed by atoms with van der Waals surface area (Å²) in [6, 6.07) is 0. The van der Waals surface area contributed by atoms with Gasteiger partial charge in [-0.25, -0.2) is 9.78 Å². The zero-order valence-corrected chi connectivity index (χ0v) is 16.7. The lowest BCUT2D eigenvalue weighted by Gasteiger charge is -2.13. The lowest BCUT2D eigenvalue weighted by atomic mass is 10.5. The number of aromatic amines is 1. The molecule has 0 aliphatic heterocycles. The molecule has 1 aromatic heterocycles. The van der Waals surface area contributed by atoms with Gasteiger partial charge in [-0.3, -0.25) is 4.98 Å². The van der Waals surface area contributed by atoms with Crippen LogP contribution in [0.3, 0.4) is 0 Å². The van der Waals surface area contributed by atoms with E-state index in [1.807, 2.05) is 0 Å². The molecule has 0 atom stereocenters. The Hall–Kier alpha value is 0.510. The molecule has 0 fully saturated rings. The molecule has 1 rings (SSSR count). The van der Waals surface area contributed by atoms with Gasteiger partial charge in [0.2, 0.25) is 7.59 Å². The van der Waals surface area contributed by atoms with Gasteiger partial charge in [-0.1, -0.05) is 90.4 Å². The molecular weight excluding hydrogens is 417 g/mol. The molecular formula is C11H16Cl6N4O. The van der Waals surface area contributed by atoms with Crippen molar-refractivity contribution < 1.29 is 0 Å². The summed E-state index contributed by atoms with van der Waals surface area (Å²) in [5.74, 6) is -0.633. The van der Waals surface area contributed by atoms with Crippen molar-refractivity contribution in [3.8, 4) is 0 Å². The summed E-state index contributed by atoms with van der Waals surface area (Å²) in [7, 11) is 0. The Bertz CT molecular complexity index is 466. The van der Waals surface area contributed by atoms with Gasteiger partial charge in [0.15, 0.2) is 11.6 Å². The summed E-state index contributed by atoms with van der Waals surface area (Å²) in [6.45, 7) is 10.1. The van der Waals surface area contributed by atoms with Crippen molar-refractivity contribution in [2.24, 2.45) is 0 Å². The third kappa shape index (κ3) is 8.39. The van der Waals surface area contributed by atoms with Gasteiger partial charge in [0, 0.05) is 0 Å². The highest BCUT2D eigenvalue weighted by Crippen LogP contribution is 2.38. The quantitative estimate of drug-likeness (QED) is 0.728. The first-order chi connectivity index (χ1) is 9.95. The second-order valence-electron chi connectivity index (χ2n) is 3.94. The van der Waals surface area contributed by atoms with Crippen LogP contribution in [0.1, 0.15) is 32.4 Å². The van der Waals surface area contributed by atoms with Gasteiger partial charge in [-0.15, -0.1) is 0 Å². The van der Waals surface area contributed by atoms with Crippen LogP contribution in [0.15, 0.2) is 4.79 Å². The fraction of sp³-hybridized carbons (Fsp3) is 0.727. The minimum absolute atomic E-state index is 0.270. The average Bonchev–Trinajstić information content (AvgIpc) is 2.39. The minimum atomic E-state index is -1.96. The van der Waals surface area contributed by atoms with Crippen LogP contribution >= 0.6 is 69.6 Å². The van der Waals surface area contributed by atoms with E-state index < -0.39 is 13.3 Å². The molecule has 0 aliphatic carbocycles. The van der Waals surface area contributed by atoms with Crippen LogP contribution in [0.5, 0.6) is 0 Å². The van der Waals surface area contributed by atoms with Gasteiger partial charge in [0.25, 0.3) is 0 Å². The molecule has 5 nitrogen and oxygen atoms in total. The Labute approximate surface area is 159 Å². The summed E-state index contributed by atoms with van der Waals surface area (Å²) in [6.07, 6.45) is 0. The molecule has 0 aliphatic rings. The first-order valence-electron chi connectivity index (χ1n) is 6.30. The normalized spacial score (nSPS) is 12.1. The molecule has 1 aromatic rings. The van der Waals surface area contributed by atoms with Crippen LogP contribution in [0, 0.1) is 0 Å². The predicted octanol–water partition coefficient (Wildman–Crippen LogP) is 4.17. The van der Waals surface area contributed by atoms with E-state index in [1.54, 1.807) is 0 Å². The van der Waals surface area contributed by atoms with E-state index in [0.29, 0.717) is 0 Å². The van der Waals surface area contributed by atoms with Gasteiger partial charge in [0.05, 0.1) is 0 Å². The average molecular weight is 433 g/mol. The van der Waals surface area contributed by atoms with Crippen LogP contribution in [0.25, 0.3) is 0 Å². The van der Waals surface area contributed by atoms with Crippen molar-refractivity contribution >= 4 is 69.6 Å². The highest BCUT2D eigenvalue weighted by molar-refractivity contribution is 6.67. The summed E-state index contributed by atoms with van der Waals surface area (Å²) in [5.41, 5.74) is -0.826. The van der Waals surface area contributed by atoms with Crippen LogP contribution in [-0.4, -0.2) is 39.5 Å². The van der Waals surface area contributed by atoms with Crippen molar-refractivity contribution in [2.45, 2.75) is 28.4 Å². The van der Waals surface area contributed by atoms with Gasteiger partial charge in [-0.2, -0.15) is 4.98 Å². The number of alkyl halides is 6. The first kappa shape index (κ1) is 22.5. The summed E-state index contributed by atoms with van der Waals surface area (Å²) >= 11 is 32.9. The monoisotopic (exact) mass is 430 g/mol. The SMILES string of the molecule is CCN(CC)CC.O=c1nc(C(Cl)(Cl)Cl)nc(C(Cl)(Cl)Cl)[nH]1. The molecule has 0 amide bonds. The predicted molar refractivity (Wildman–Crippen MR) is 94.6 cm³/mol. The smallest absolute Gasteiger partial charge is 0.304 e. The number of H-pyrrole nitrogens is 1. The number of nitrogens with one attached hydrogen (secondary N) is 1. The van der Waals surface area contributed by atoms with Crippen molar-refractivity contribution in [1.82, 2.24) is 19.9 Å². The second-order valence-corrected chi connectivity index (χ2v) is 8.50. The van der Waals surface area contributed by atoms with E-state index in [9.17, 15) is 4.79 Å². The van der Waals surface area contributed by atoms with Gasteiger partial charge >= 0.3 is 5.69 Å². The number of aromatic nitrogens is 3. The van der Waals surface area contributed by atoms with Crippen molar-refractivity contribution in [3.63, 3.8) is 0 Å². The summed E-state index contributed by atoms with van der Waals surface area (Å²) in [4.78, 5) is 22.5. The van der Waals surface area contributed by atoms with E-state index in [-0.39, 0.29) is 11.6 Å². The second kappa shape index (κ2) is 9.72. The Morgan fingerprint density at radius 3 is 1.64 bits per heavy atom. The third-order valence-electron chi connectivity index (χ3n) is 2.51. The van der Waals surface area contributed by atoms with Gasteiger partial charge in [0.1, 0.15) is 0 Å². The molecule has 0 radical (unpaired) electrons. The zero-order chi connectivity index (χ0) is 17.6. The standard InChI is InChI=1S/C6H15N.C5HCl6N3O/c1-4-7(5-2)6-3;6-4(7,8)1-12-2(5(9,10)11)14-3(15)13-1/h4-6H2,1-3H3;(H,12,13,14,15). The third-order valence-corrected chi connectivity index (χ3v) is 3.56. The molecule has 1 heterocycles. The maximum Gasteiger partial charge on any atom is 0.348 e. The highest BCUT2D eigenvalue weighted by atomic mass is 35.6. The largest absolute Gasteiger partial charge is 0.348 e. The lowest BCUT2D eigenvalue weighted by molar-refractivity contribution is 0.321. The van der Waals surface area contributed by atoms with E-state index >= 15 is 0 Å². The van der Waals surface area contributed by atoms with E-state index in [0.717, 1.165) is 0 Å². The molecule has 0 spiro atoms. The zero-order valence-electron chi connectivity index (χ0n) is 12.1. The van der Waals surface area contributed by atoms with E-state index in [1.165, 1.54) is 19.6 Å². The maximum absolute atomic E-state index is 11.0. The van der Waals surface area contributed by atoms with Crippen molar-refractivity contribution in [3.05, 3.63) is 22.1 Å². The Balaban J connectivity index is 0.000000534. The molecule has 0 aromatic carbocycles. The summed E-state index contributed by atoms with van der Waals surface area (Å²) < 4.78 is -3.88.